The first-order valence-corrected chi connectivity index (χ1v) is 24.5. The van der Waals surface area contributed by atoms with E-state index in [2.05, 4.69) is 105 Å². The van der Waals surface area contributed by atoms with Crippen LogP contribution in [0.2, 0.25) is 0 Å². The molecule has 9 nitrogen and oxygen atoms in total. The van der Waals surface area contributed by atoms with Gasteiger partial charge < -0.3 is 18.9 Å². The highest BCUT2D eigenvalue weighted by Gasteiger charge is 2.27. The van der Waals surface area contributed by atoms with Crippen LogP contribution in [0.1, 0.15) is 155 Å². The fourth-order valence-electron chi connectivity index (χ4n) is 5.53. The third kappa shape index (κ3) is 44.5. The molecule has 0 spiro atoms. The molecule has 0 saturated heterocycles. The smallest absolute Gasteiger partial charge is 0.462 e. The van der Waals surface area contributed by atoms with Gasteiger partial charge in [-0.2, -0.15) is 0 Å². The van der Waals surface area contributed by atoms with E-state index in [1.54, 1.807) is 0 Å². The molecule has 0 aliphatic heterocycles. The molecule has 0 rings (SSSR count). The molecule has 10 heteroatoms. The lowest BCUT2D eigenvalue weighted by Crippen LogP contribution is -2.37. The van der Waals surface area contributed by atoms with Gasteiger partial charge in [0.25, 0.3) is 0 Å². The fourth-order valence-corrected chi connectivity index (χ4v) is 6.27. The molecular weight excluding hydrogens is 774 g/mol. The zero-order chi connectivity index (χ0) is 44.3. The highest BCUT2D eigenvalue weighted by atomic mass is 31.2. The van der Waals surface area contributed by atoms with Crippen molar-refractivity contribution in [3.05, 3.63) is 97.2 Å². The van der Waals surface area contributed by atoms with Gasteiger partial charge in [-0.15, -0.1) is 0 Å². The quantitative estimate of drug-likeness (QED) is 0.0213. The van der Waals surface area contributed by atoms with Crippen LogP contribution in [0.3, 0.4) is 0 Å². The molecule has 0 saturated carbocycles. The van der Waals surface area contributed by atoms with Gasteiger partial charge in [0, 0.05) is 12.8 Å². The van der Waals surface area contributed by atoms with Crippen LogP contribution < -0.4 is 0 Å². The summed E-state index contributed by atoms with van der Waals surface area (Å²) in [4.78, 5) is 35.4. The largest absolute Gasteiger partial charge is 0.472 e. The summed E-state index contributed by atoms with van der Waals surface area (Å²) in [6.45, 7) is 4.17. The third-order valence-electron chi connectivity index (χ3n) is 9.10. The van der Waals surface area contributed by atoms with Crippen LogP contribution in [0, 0.1) is 0 Å². The number of allylic oxidation sites excluding steroid dienone is 16. The van der Waals surface area contributed by atoms with Crippen LogP contribution in [0.25, 0.3) is 0 Å². The molecule has 0 fully saturated rings. The average molecular weight is 859 g/mol. The first kappa shape index (κ1) is 56.9. The number of carbonyl (C=O) groups excluding carboxylic acids is 2. The molecule has 0 radical (unpaired) electrons. The minimum atomic E-state index is -4.41. The lowest BCUT2D eigenvalue weighted by atomic mass is 10.1. The van der Waals surface area contributed by atoms with Crippen molar-refractivity contribution in [3.8, 4) is 0 Å². The van der Waals surface area contributed by atoms with Gasteiger partial charge in [-0.25, -0.2) is 4.57 Å². The van der Waals surface area contributed by atoms with Gasteiger partial charge in [-0.05, 0) is 89.9 Å². The summed E-state index contributed by atoms with van der Waals surface area (Å²) in [5.74, 6) is -0.923. The van der Waals surface area contributed by atoms with Crippen molar-refractivity contribution in [2.75, 3.05) is 47.5 Å². The van der Waals surface area contributed by atoms with Crippen molar-refractivity contribution in [1.82, 2.24) is 0 Å². The Morgan fingerprint density at radius 1 is 0.533 bits per heavy atom. The van der Waals surface area contributed by atoms with E-state index in [1.807, 2.05) is 27.2 Å². The van der Waals surface area contributed by atoms with E-state index in [4.69, 9.17) is 18.5 Å². The zero-order valence-electron chi connectivity index (χ0n) is 38.4. The molecule has 0 amide bonds. The first-order valence-electron chi connectivity index (χ1n) is 23.0. The molecule has 0 heterocycles. The maximum atomic E-state index is 12.7. The Labute approximate surface area is 366 Å². The molecule has 1 unspecified atom stereocenters. The predicted molar refractivity (Wildman–Crippen MR) is 252 cm³/mol. The molecule has 60 heavy (non-hydrogen) atoms. The topological polar surface area (TPSA) is 108 Å². The van der Waals surface area contributed by atoms with Crippen molar-refractivity contribution < 1.29 is 42.1 Å². The van der Waals surface area contributed by atoms with Crippen LogP contribution in [0.5, 0.6) is 0 Å². The summed E-state index contributed by atoms with van der Waals surface area (Å²) in [7, 11) is 1.40. The molecule has 0 bridgehead atoms. The van der Waals surface area contributed by atoms with Gasteiger partial charge in [0.15, 0.2) is 6.10 Å². The van der Waals surface area contributed by atoms with Crippen molar-refractivity contribution in [2.24, 2.45) is 0 Å². The maximum Gasteiger partial charge on any atom is 0.472 e. The Bertz CT molecular complexity index is 1340. The van der Waals surface area contributed by atoms with E-state index in [0.29, 0.717) is 30.3 Å². The molecular formula is C50H85NO8P+. The van der Waals surface area contributed by atoms with Gasteiger partial charge in [0.05, 0.1) is 27.7 Å². The number of unbranched alkanes of at least 4 members (excludes halogenated alkanes) is 10. The van der Waals surface area contributed by atoms with Gasteiger partial charge >= 0.3 is 19.8 Å². The number of rotatable bonds is 40. The summed E-state index contributed by atoms with van der Waals surface area (Å²) in [6.07, 6.45) is 54.8. The summed E-state index contributed by atoms with van der Waals surface area (Å²) >= 11 is 0. The number of phosphoric acid groups is 1. The van der Waals surface area contributed by atoms with Gasteiger partial charge in [-0.1, -0.05) is 150 Å². The summed E-state index contributed by atoms with van der Waals surface area (Å²) in [5, 5.41) is 0. The van der Waals surface area contributed by atoms with E-state index in [1.165, 1.54) is 51.4 Å². The number of nitrogens with zero attached hydrogens (tertiary/aromatic N) is 1. The second kappa shape index (κ2) is 41.3. The standard InChI is InChI=1S/C50H84NO8P/c1-6-8-10-12-14-16-18-20-22-23-24-25-26-27-29-31-33-35-37-39-41-43-50(53)59-48(47-58-60(54,55)57-45-44-51(3,4)5)46-56-49(52)42-40-38-36-34-32-30-28-21-19-17-15-13-11-9-7-2/h9,11,15,17,21-23,25-26,28-29,31-32,34-35,37,48H,6-8,10,12-14,16,18-20,24,27,30,33,36,38-47H2,1-5H3/p+1/b11-9+,17-15+,23-22+,26-25+,28-21+,31-29+,34-32+,37-35+/t48-/m1/s1. The molecule has 0 aromatic heterocycles. The van der Waals surface area contributed by atoms with Gasteiger partial charge in [0.1, 0.15) is 19.8 Å². The Hall–Kier alpha value is -3.07. The van der Waals surface area contributed by atoms with Crippen LogP contribution in [0.15, 0.2) is 97.2 Å². The average Bonchev–Trinajstić information content (AvgIpc) is 3.20. The summed E-state index contributed by atoms with van der Waals surface area (Å²) < 4.78 is 34.2. The molecule has 0 aliphatic carbocycles. The highest BCUT2D eigenvalue weighted by molar-refractivity contribution is 7.47. The van der Waals surface area contributed by atoms with E-state index in [9.17, 15) is 19.0 Å². The fraction of sp³-hybridized carbons (Fsp3) is 0.640. The van der Waals surface area contributed by atoms with Crippen LogP contribution in [-0.2, 0) is 32.7 Å². The monoisotopic (exact) mass is 859 g/mol. The molecule has 1 N–H and O–H groups in total. The lowest BCUT2D eigenvalue weighted by Gasteiger charge is -2.24. The Balaban J connectivity index is 4.51. The van der Waals surface area contributed by atoms with Crippen molar-refractivity contribution >= 4 is 19.8 Å². The van der Waals surface area contributed by atoms with E-state index in [-0.39, 0.29) is 26.1 Å². The number of quaternary nitrogens is 1. The predicted octanol–water partition coefficient (Wildman–Crippen LogP) is 13.4. The highest BCUT2D eigenvalue weighted by Crippen LogP contribution is 2.43. The molecule has 0 aromatic rings. The number of hydrogen-bond donors (Lipinski definition) is 1. The Morgan fingerprint density at radius 3 is 1.47 bits per heavy atom. The molecule has 342 valence electrons. The molecule has 0 aliphatic rings. The van der Waals surface area contributed by atoms with Crippen LogP contribution in [-0.4, -0.2) is 74.9 Å². The van der Waals surface area contributed by atoms with Gasteiger partial charge in [0.2, 0.25) is 0 Å². The van der Waals surface area contributed by atoms with E-state index < -0.39 is 32.5 Å². The third-order valence-corrected chi connectivity index (χ3v) is 10.1. The van der Waals surface area contributed by atoms with E-state index >= 15 is 0 Å². The Morgan fingerprint density at radius 2 is 0.967 bits per heavy atom. The summed E-state index contributed by atoms with van der Waals surface area (Å²) in [5.41, 5.74) is 0. The number of hydrogen-bond acceptors (Lipinski definition) is 7. The second-order valence-corrected chi connectivity index (χ2v) is 17.5. The first-order chi connectivity index (χ1) is 29.0. The number of esters is 2. The van der Waals surface area contributed by atoms with Crippen LogP contribution in [0.4, 0.5) is 0 Å². The number of phosphoric ester groups is 1. The summed E-state index contributed by atoms with van der Waals surface area (Å²) in [6, 6.07) is 0. The molecule has 0 aromatic carbocycles. The SMILES string of the molecule is CC/C=C/C/C=C/C/C=C/C/C=C/CCCCC(=O)OC[C@H](COP(=O)(O)OCC[N+](C)(C)C)OC(=O)CCC/C=C/C/C=C/C/C=C/C/C=C/CCCCCCCCC. The number of carbonyl (C=O) groups is 2. The van der Waals surface area contributed by atoms with Crippen molar-refractivity contribution in [2.45, 2.75) is 161 Å². The van der Waals surface area contributed by atoms with Crippen molar-refractivity contribution in [3.63, 3.8) is 0 Å². The zero-order valence-corrected chi connectivity index (χ0v) is 39.3. The second-order valence-electron chi connectivity index (χ2n) is 16.0. The van der Waals surface area contributed by atoms with E-state index in [0.717, 1.165) is 57.8 Å². The number of ether oxygens (including phenoxy) is 2. The molecule has 2 atom stereocenters. The minimum Gasteiger partial charge on any atom is -0.462 e. The normalized spacial score (nSPS) is 14.4. The van der Waals surface area contributed by atoms with Crippen molar-refractivity contribution in [1.29, 1.82) is 0 Å². The number of likely N-dealkylation sites (N-methyl/N-ethyl adjacent to an activating group) is 1. The Kier molecular flexibility index (Phi) is 39.2. The minimum absolute atomic E-state index is 0.00921. The lowest BCUT2D eigenvalue weighted by molar-refractivity contribution is -0.870. The van der Waals surface area contributed by atoms with Crippen LogP contribution >= 0.6 is 7.82 Å². The van der Waals surface area contributed by atoms with Gasteiger partial charge in [-0.3, -0.25) is 18.6 Å². The maximum absolute atomic E-state index is 12.7.